The predicted octanol–water partition coefficient (Wildman–Crippen LogP) is 5.13. The number of rotatable bonds is 5. The molecule has 0 radical (unpaired) electrons. The van der Waals surface area contributed by atoms with Gasteiger partial charge in [0.05, 0.1) is 4.90 Å². The standard InChI is InChI=1S/C24H23NO2S/c1-2-18-16-20-9-6-10-22(19-7-4-3-5-8-19)24(20)23(18)15-17-11-13-21(14-12-17)28(25,26)27/h3-14,16,23H,2,15H2,1H3,(H2,25,26,27). The lowest BCUT2D eigenvalue weighted by molar-refractivity contribution is 0.597. The maximum atomic E-state index is 11.5. The zero-order valence-corrected chi connectivity index (χ0v) is 16.6. The fraction of sp³-hybridized carbons (Fsp3) is 0.167. The molecule has 1 aliphatic rings. The summed E-state index contributed by atoms with van der Waals surface area (Å²) in [5, 5.41) is 5.22. The minimum atomic E-state index is -3.67. The van der Waals surface area contributed by atoms with Crippen molar-refractivity contribution in [3.05, 3.63) is 95.1 Å². The van der Waals surface area contributed by atoms with Crippen molar-refractivity contribution in [2.75, 3.05) is 0 Å². The van der Waals surface area contributed by atoms with Gasteiger partial charge in [0.15, 0.2) is 0 Å². The summed E-state index contributed by atoms with van der Waals surface area (Å²) in [5.41, 5.74) is 7.65. The van der Waals surface area contributed by atoms with Crippen LogP contribution >= 0.6 is 0 Å². The number of allylic oxidation sites excluding steroid dienone is 1. The number of hydrogen-bond donors (Lipinski definition) is 1. The molecule has 1 unspecified atom stereocenters. The van der Waals surface area contributed by atoms with E-state index in [9.17, 15) is 8.42 Å². The molecule has 1 atom stereocenters. The number of primary sulfonamides is 1. The molecule has 0 heterocycles. The summed E-state index contributed by atoms with van der Waals surface area (Å²) in [6, 6.07) is 23.9. The molecular formula is C24H23NO2S. The second-order valence-corrected chi connectivity index (χ2v) is 8.75. The first kappa shape index (κ1) is 18.7. The highest BCUT2D eigenvalue weighted by molar-refractivity contribution is 7.89. The molecule has 1 aliphatic carbocycles. The van der Waals surface area contributed by atoms with Crippen LogP contribution in [0.15, 0.2) is 83.3 Å². The first-order chi connectivity index (χ1) is 13.5. The highest BCUT2D eigenvalue weighted by Crippen LogP contribution is 2.44. The van der Waals surface area contributed by atoms with Crippen molar-refractivity contribution in [3.8, 4) is 11.1 Å². The largest absolute Gasteiger partial charge is 0.238 e. The van der Waals surface area contributed by atoms with Gasteiger partial charge in [0, 0.05) is 5.92 Å². The van der Waals surface area contributed by atoms with Gasteiger partial charge < -0.3 is 0 Å². The Balaban J connectivity index is 1.74. The Morgan fingerprint density at radius 1 is 0.893 bits per heavy atom. The molecule has 28 heavy (non-hydrogen) atoms. The normalized spacial score (nSPS) is 15.9. The summed E-state index contributed by atoms with van der Waals surface area (Å²) in [6.45, 7) is 2.19. The SMILES string of the molecule is CCC1=Cc2cccc(-c3ccccc3)c2C1Cc1ccc(S(N)(=O)=O)cc1. The van der Waals surface area contributed by atoms with E-state index in [0.717, 1.165) is 18.4 Å². The molecule has 0 aliphatic heterocycles. The average molecular weight is 390 g/mol. The molecule has 142 valence electrons. The van der Waals surface area contributed by atoms with Crippen molar-refractivity contribution in [3.63, 3.8) is 0 Å². The van der Waals surface area contributed by atoms with Crippen molar-refractivity contribution in [1.82, 2.24) is 0 Å². The van der Waals surface area contributed by atoms with E-state index in [1.807, 2.05) is 18.2 Å². The number of hydrogen-bond acceptors (Lipinski definition) is 2. The molecule has 3 aromatic rings. The molecule has 4 rings (SSSR count). The fourth-order valence-electron chi connectivity index (χ4n) is 4.09. The van der Waals surface area contributed by atoms with Crippen molar-refractivity contribution in [1.29, 1.82) is 0 Å². The summed E-state index contributed by atoms with van der Waals surface area (Å²) in [6.07, 6.45) is 4.13. The minimum Gasteiger partial charge on any atom is -0.225 e. The third kappa shape index (κ3) is 3.53. The van der Waals surface area contributed by atoms with Gasteiger partial charge in [-0.3, -0.25) is 0 Å². The zero-order chi connectivity index (χ0) is 19.7. The summed E-state index contributed by atoms with van der Waals surface area (Å²) >= 11 is 0. The van der Waals surface area contributed by atoms with Crippen LogP contribution < -0.4 is 5.14 Å². The van der Waals surface area contributed by atoms with Crippen molar-refractivity contribution in [2.24, 2.45) is 5.14 Å². The Bertz CT molecular complexity index is 1130. The van der Waals surface area contributed by atoms with Gasteiger partial charge in [-0.15, -0.1) is 0 Å². The first-order valence-corrected chi connectivity index (χ1v) is 11.0. The van der Waals surface area contributed by atoms with Crippen molar-refractivity contribution < 1.29 is 8.42 Å². The first-order valence-electron chi connectivity index (χ1n) is 9.48. The molecule has 0 saturated heterocycles. The van der Waals surface area contributed by atoms with Crippen LogP contribution in [-0.2, 0) is 16.4 Å². The Hall–Kier alpha value is -2.69. The molecule has 3 aromatic carbocycles. The fourth-order valence-corrected chi connectivity index (χ4v) is 4.60. The molecule has 4 heteroatoms. The van der Waals surface area contributed by atoms with Crippen LogP contribution in [0.2, 0.25) is 0 Å². The van der Waals surface area contributed by atoms with E-state index in [-0.39, 0.29) is 10.8 Å². The average Bonchev–Trinajstić information content (AvgIpc) is 3.06. The Kier molecular flexibility index (Phi) is 4.92. The predicted molar refractivity (Wildman–Crippen MR) is 114 cm³/mol. The smallest absolute Gasteiger partial charge is 0.225 e. The van der Waals surface area contributed by atoms with Crippen molar-refractivity contribution >= 4 is 16.1 Å². The minimum absolute atomic E-state index is 0.152. The van der Waals surface area contributed by atoms with Crippen molar-refractivity contribution in [2.45, 2.75) is 30.6 Å². The maximum Gasteiger partial charge on any atom is 0.238 e. The molecule has 0 fully saturated rings. The number of fused-ring (bicyclic) bond motifs is 1. The third-order valence-electron chi connectivity index (χ3n) is 5.46. The summed E-state index contributed by atoms with van der Waals surface area (Å²) in [4.78, 5) is 0.152. The van der Waals surface area contributed by atoms with Crippen LogP contribution in [0.1, 0.15) is 36.0 Å². The molecule has 0 spiro atoms. The van der Waals surface area contributed by atoms with Crippen LogP contribution in [0, 0.1) is 0 Å². The van der Waals surface area contributed by atoms with E-state index in [2.05, 4.69) is 55.5 Å². The van der Waals surface area contributed by atoms with Gasteiger partial charge >= 0.3 is 0 Å². The Morgan fingerprint density at radius 3 is 2.25 bits per heavy atom. The van der Waals surface area contributed by atoms with Crippen LogP contribution in [0.4, 0.5) is 0 Å². The second kappa shape index (κ2) is 7.38. The lowest BCUT2D eigenvalue weighted by atomic mass is 9.84. The van der Waals surface area contributed by atoms with Gasteiger partial charge in [0.1, 0.15) is 0 Å². The highest BCUT2D eigenvalue weighted by atomic mass is 32.2. The number of nitrogens with two attached hydrogens (primary N) is 1. The maximum absolute atomic E-state index is 11.5. The van der Waals surface area contributed by atoms with E-state index in [4.69, 9.17) is 5.14 Å². The Labute approximate surface area is 166 Å². The van der Waals surface area contributed by atoms with Crippen LogP contribution in [0.5, 0.6) is 0 Å². The van der Waals surface area contributed by atoms with Gasteiger partial charge in [0.25, 0.3) is 0 Å². The number of sulfonamides is 1. The Morgan fingerprint density at radius 2 is 1.61 bits per heavy atom. The zero-order valence-electron chi connectivity index (χ0n) is 15.8. The molecule has 0 amide bonds. The molecular weight excluding hydrogens is 366 g/mol. The molecule has 0 saturated carbocycles. The molecule has 2 N–H and O–H groups in total. The van der Waals surface area contributed by atoms with E-state index in [0.29, 0.717) is 0 Å². The van der Waals surface area contributed by atoms with E-state index in [1.54, 1.807) is 12.1 Å². The number of benzene rings is 3. The van der Waals surface area contributed by atoms with Crippen LogP contribution in [0.3, 0.4) is 0 Å². The molecule has 3 nitrogen and oxygen atoms in total. The highest BCUT2D eigenvalue weighted by Gasteiger charge is 2.27. The van der Waals surface area contributed by atoms with Gasteiger partial charge in [-0.05, 0) is 52.8 Å². The third-order valence-corrected chi connectivity index (χ3v) is 6.39. The van der Waals surface area contributed by atoms with Crippen LogP contribution in [-0.4, -0.2) is 8.42 Å². The molecule has 0 bridgehead atoms. The monoisotopic (exact) mass is 389 g/mol. The second-order valence-electron chi connectivity index (χ2n) is 7.19. The van der Waals surface area contributed by atoms with E-state index < -0.39 is 10.0 Å². The summed E-state index contributed by atoms with van der Waals surface area (Å²) in [5.74, 6) is 0.289. The quantitative estimate of drug-likeness (QED) is 0.657. The lowest BCUT2D eigenvalue weighted by Crippen LogP contribution is -2.12. The van der Waals surface area contributed by atoms with E-state index >= 15 is 0 Å². The summed E-state index contributed by atoms with van der Waals surface area (Å²) < 4.78 is 23.0. The molecule has 0 aromatic heterocycles. The van der Waals surface area contributed by atoms with Gasteiger partial charge in [-0.2, -0.15) is 0 Å². The van der Waals surface area contributed by atoms with Gasteiger partial charge in [-0.1, -0.05) is 79.2 Å². The lowest BCUT2D eigenvalue weighted by Gasteiger charge is -2.20. The topological polar surface area (TPSA) is 60.2 Å². The summed E-state index contributed by atoms with van der Waals surface area (Å²) in [7, 11) is -3.67. The van der Waals surface area contributed by atoms with Crippen LogP contribution in [0.25, 0.3) is 17.2 Å². The van der Waals surface area contributed by atoms with E-state index in [1.165, 1.54) is 27.8 Å². The van der Waals surface area contributed by atoms with Gasteiger partial charge in [0.2, 0.25) is 10.0 Å². The van der Waals surface area contributed by atoms with Gasteiger partial charge in [-0.25, -0.2) is 13.6 Å².